The SMILES string of the molecule is COc1ccc([C@@H](CNC(=O)c2cccc(S(=O)(=O)N(C)c3ccccc3)c2)N2CCCC2)cc1. The summed E-state index contributed by atoms with van der Waals surface area (Å²) >= 11 is 0. The van der Waals surface area contributed by atoms with E-state index in [2.05, 4.69) is 10.2 Å². The number of hydrogen-bond donors (Lipinski definition) is 1. The van der Waals surface area contributed by atoms with Gasteiger partial charge in [-0.1, -0.05) is 36.4 Å². The predicted octanol–water partition coefficient (Wildman–Crippen LogP) is 4.09. The van der Waals surface area contributed by atoms with Crippen molar-refractivity contribution < 1.29 is 17.9 Å². The number of likely N-dealkylation sites (tertiary alicyclic amines) is 1. The van der Waals surface area contributed by atoms with E-state index in [1.165, 1.54) is 23.5 Å². The monoisotopic (exact) mass is 493 g/mol. The van der Waals surface area contributed by atoms with Crippen LogP contribution >= 0.6 is 0 Å². The van der Waals surface area contributed by atoms with Crippen LogP contribution in [0.25, 0.3) is 0 Å². The Morgan fingerprint density at radius 3 is 2.34 bits per heavy atom. The molecule has 1 saturated heterocycles. The summed E-state index contributed by atoms with van der Waals surface area (Å²) in [5.41, 5.74) is 1.96. The second kappa shape index (κ2) is 10.9. The molecule has 3 aromatic carbocycles. The summed E-state index contributed by atoms with van der Waals surface area (Å²) in [5, 5.41) is 3.02. The van der Waals surface area contributed by atoms with Gasteiger partial charge in [0.2, 0.25) is 0 Å². The van der Waals surface area contributed by atoms with E-state index in [0.29, 0.717) is 17.8 Å². The van der Waals surface area contributed by atoms with E-state index in [0.717, 1.165) is 37.2 Å². The zero-order valence-electron chi connectivity index (χ0n) is 20.1. The topological polar surface area (TPSA) is 78.9 Å². The van der Waals surface area contributed by atoms with Gasteiger partial charge in [-0.2, -0.15) is 0 Å². The Labute approximate surface area is 207 Å². The van der Waals surface area contributed by atoms with E-state index in [9.17, 15) is 13.2 Å². The summed E-state index contributed by atoms with van der Waals surface area (Å²) < 4.78 is 32.8. The molecule has 4 rings (SSSR count). The summed E-state index contributed by atoms with van der Waals surface area (Å²) in [4.78, 5) is 15.5. The Bertz CT molecular complexity index is 1240. The highest BCUT2D eigenvalue weighted by molar-refractivity contribution is 7.92. The number of para-hydroxylation sites is 1. The van der Waals surface area contributed by atoms with Crippen molar-refractivity contribution in [2.45, 2.75) is 23.8 Å². The molecular weight excluding hydrogens is 462 g/mol. The minimum atomic E-state index is -3.81. The third-order valence-electron chi connectivity index (χ3n) is 6.41. The number of nitrogens with zero attached hydrogens (tertiary/aromatic N) is 2. The standard InChI is InChI=1S/C27H31N3O4S/c1-29(23-10-4-3-5-11-23)35(32,33)25-12-8-9-22(19-25)27(31)28-20-26(30-17-6-7-18-30)21-13-15-24(34-2)16-14-21/h3-5,8-16,19,26H,6-7,17-18,20H2,1-2H3,(H,28,31)/t26-/m1/s1. The average Bonchev–Trinajstić information content (AvgIpc) is 3.44. The first-order valence-corrected chi connectivity index (χ1v) is 13.1. The number of amides is 1. The van der Waals surface area contributed by atoms with Crippen LogP contribution in [0.15, 0.2) is 83.8 Å². The highest BCUT2D eigenvalue weighted by atomic mass is 32.2. The Balaban J connectivity index is 1.50. The minimum Gasteiger partial charge on any atom is -0.497 e. The van der Waals surface area contributed by atoms with Crippen LogP contribution in [0, 0.1) is 0 Å². The first kappa shape index (κ1) is 24.8. The minimum absolute atomic E-state index is 0.0310. The maximum absolute atomic E-state index is 13.2. The molecule has 0 saturated carbocycles. The average molecular weight is 494 g/mol. The van der Waals surface area contributed by atoms with Gasteiger partial charge >= 0.3 is 0 Å². The smallest absolute Gasteiger partial charge is 0.264 e. The summed E-state index contributed by atoms with van der Waals surface area (Å²) in [5.74, 6) is 0.485. The number of carbonyl (C=O) groups is 1. The number of benzene rings is 3. The van der Waals surface area contributed by atoms with Gasteiger partial charge in [0.05, 0.1) is 23.7 Å². The number of sulfonamides is 1. The lowest BCUT2D eigenvalue weighted by Gasteiger charge is -2.28. The first-order valence-electron chi connectivity index (χ1n) is 11.7. The van der Waals surface area contributed by atoms with E-state index in [4.69, 9.17) is 4.74 Å². The van der Waals surface area contributed by atoms with Gasteiger partial charge in [0.15, 0.2) is 0 Å². The molecule has 0 spiro atoms. The third kappa shape index (κ3) is 5.66. The maximum atomic E-state index is 13.2. The van der Waals surface area contributed by atoms with Crippen LogP contribution in [0.5, 0.6) is 5.75 Å². The molecule has 1 heterocycles. The highest BCUT2D eigenvalue weighted by Gasteiger charge is 2.25. The van der Waals surface area contributed by atoms with E-state index < -0.39 is 10.0 Å². The summed E-state index contributed by atoms with van der Waals surface area (Å²) in [6.45, 7) is 2.38. The number of nitrogens with one attached hydrogen (secondary N) is 1. The molecule has 1 N–H and O–H groups in total. The van der Waals surface area contributed by atoms with Crippen molar-refractivity contribution in [3.05, 3.63) is 90.0 Å². The molecule has 7 nitrogen and oxygen atoms in total. The molecule has 0 aliphatic carbocycles. The van der Waals surface area contributed by atoms with Crippen molar-refractivity contribution in [3.8, 4) is 5.75 Å². The van der Waals surface area contributed by atoms with Gasteiger partial charge in [-0.05, 0) is 74.0 Å². The number of hydrogen-bond acceptors (Lipinski definition) is 5. The molecule has 3 aromatic rings. The van der Waals surface area contributed by atoms with Crippen LogP contribution in [-0.2, 0) is 10.0 Å². The quantitative estimate of drug-likeness (QED) is 0.486. The highest BCUT2D eigenvalue weighted by Crippen LogP contribution is 2.27. The van der Waals surface area contributed by atoms with Crippen molar-refractivity contribution >= 4 is 21.6 Å². The van der Waals surface area contributed by atoms with Crippen molar-refractivity contribution in [3.63, 3.8) is 0 Å². The van der Waals surface area contributed by atoms with Crippen molar-refractivity contribution in [1.29, 1.82) is 0 Å². The molecule has 8 heteroatoms. The summed E-state index contributed by atoms with van der Waals surface area (Å²) in [7, 11) is -0.664. The Hall–Kier alpha value is -3.36. The Kier molecular flexibility index (Phi) is 7.73. The summed E-state index contributed by atoms with van der Waals surface area (Å²) in [6.07, 6.45) is 2.27. The second-order valence-electron chi connectivity index (χ2n) is 8.58. The van der Waals surface area contributed by atoms with E-state index in [-0.39, 0.29) is 16.8 Å². The molecule has 0 aromatic heterocycles. The second-order valence-corrected chi connectivity index (χ2v) is 10.5. The fourth-order valence-electron chi connectivity index (χ4n) is 4.36. The molecule has 1 atom stereocenters. The van der Waals surface area contributed by atoms with Crippen LogP contribution in [-0.4, -0.2) is 53.0 Å². The fourth-order valence-corrected chi connectivity index (χ4v) is 5.60. The van der Waals surface area contributed by atoms with Gasteiger partial charge in [0.25, 0.3) is 15.9 Å². The van der Waals surface area contributed by atoms with Crippen molar-refractivity contribution in [1.82, 2.24) is 10.2 Å². The molecule has 35 heavy (non-hydrogen) atoms. The summed E-state index contributed by atoms with van der Waals surface area (Å²) in [6, 6.07) is 23.0. The van der Waals surface area contributed by atoms with Crippen LogP contribution in [0.4, 0.5) is 5.69 Å². The predicted molar refractivity (Wildman–Crippen MR) is 137 cm³/mol. The molecule has 184 valence electrons. The van der Waals surface area contributed by atoms with E-state index >= 15 is 0 Å². The zero-order chi connectivity index (χ0) is 24.8. The molecule has 1 amide bonds. The lowest BCUT2D eigenvalue weighted by Crippen LogP contribution is -2.37. The van der Waals surface area contributed by atoms with Crippen LogP contribution in [0.2, 0.25) is 0 Å². The molecular formula is C27H31N3O4S. The van der Waals surface area contributed by atoms with E-state index in [1.807, 2.05) is 30.3 Å². The molecule has 1 aliphatic rings. The van der Waals surface area contributed by atoms with Gasteiger partial charge < -0.3 is 10.1 Å². The van der Waals surface area contributed by atoms with Crippen molar-refractivity contribution in [2.75, 3.05) is 38.1 Å². The van der Waals surface area contributed by atoms with Gasteiger partial charge in [0, 0.05) is 19.2 Å². The van der Waals surface area contributed by atoms with Gasteiger partial charge in [-0.15, -0.1) is 0 Å². The van der Waals surface area contributed by atoms with Gasteiger partial charge in [-0.25, -0.2) is 8.42 Å². The maximum Gasteiger partial charge on any atom is 0.264 e. The zero-order valence-corrected chi connectivity index (χ0v) is 20.9. The number of methoxy groups -OCH3 is 1. The number of rotatable bonds is 9. The number of ether oxygens (including phenoxy) is 1. The lowest BCUT2D eigenvalue weighted by atomic mass is 10.0. The first-order chi connectivity index (χ1) is 16.9. The molecule has 1 fully saturated rings. The normalized spacial score (nSPS) is 14.9. The van der Waals surface area contributed by atoms with E-state index in [1.54, 1.807) is 43.5 Å². The number of anilines is 1. The molecule has 1 aliphatic heterocycles. The largest absolute Gasteiger partial charge is 0.497 e. The van der Waals surface area contributed by atoms with Crippen LogP contribution < -0.4 is 14.4 Å². The number of carbonyl (C=O) groups excluding carboxylic acids is 1. The fraction of sp³-hybridized carbons (Fsp3) is 0.296. The van der Waals surface area contributed by atoms with Crippen molar-refractivity contribution in [2.24, 2.45) is 0 Å². The third-order valence-corrected chi connectivity index (χ3v) is 8.19. The molecule has 0 bridgehead atoms. The van der Waals surface area contributed by atoms with Gasteiger partial charge in [0.1, 0.15) is 5.75 Å². The Morgan fingerprint density at radius 2 is 1.69 bits per heavy atom. The van der Waals surface area contributed by atoms with Crippen LogP contribution in [0.3, 0.4) is 0 Å². The lowest BCUT2D eigenvalue weighted by molar-refractivity contribution is 0.0937. The van der Waals surface area contributed by atoms with Crippen LogP contribution in [0.1, 0.15) is 34.8 Å². The van der Waals surface area contributed by atoms with Gasteiger partial charge in [-0.3, -0.25) is 14.0 Å². The Morgan fingerprint density at radius 1 is 1.00 bits per heavy atom. The molecule has 0 radical (unpaired) electrons. The molecule has 0 unspecified atom stereocenters.